The predicted octanol–water partition coefficient (Wildman–Crippen LogP) is 8.04. The Balaban J connectivity index is 0.903. The number of carbonyl (C=O) groups is 1. The van der Waals surface area contributed by atoms with Crippen molar-refractivity contribution in [2.45, 2.75) is 76.4 Å². The minimum absolute atomic E-state index is 0.381. The quantitative estimate of drug-likeness (QED) is 0.180. The number of hydrogen-bond acceptors (Lipinski definition) is 5. The average Bonchev–Trinajstić information content (AvgIpc) is 3.48. The first-order chi connectivity index (χ1) is 21.6. The first-order valence-electron chi connectivity index (χ1n) is 16.8. The monoisotopic (exact) mass is 597 g/mol. The number of benzene rings is 3. The molecule has 236 valence electrons. The third-order valence-electron chi connectivity index (χ3n) is 9.31. The fraction of sp³-hybridized carbons (Fsp3) is 0.500. The number of nitrogens with zero attached hydrogens (tertiary/aromatic N) is 2. The van der Waals surface area contributed by atoms with E-state index in [0.717, 1.165) is 81.8 Å². The number of nitrogens with one attached hydrogen (secondary N) is 1. The lowest BCUT2D eigenvalue weighted by molar-refractivity contribution is -0.0166. The second-order valence-electron chi connectivity index (χ2n) is 12.8. The van der Waals surface area contributed by atoms with Crippen LogP contribution in [-0.4, -0.2) is 73.5 Å². The molecule has 0 bridgehead atoms. The van der Waals surface area contributed by atoms with Gasteiger partial charge in [0.1, 0.15) is 5.60 Å². The van der Waals surface area contributed by atoms with Gasteiger partial charge in [0.15, 0.2) is 0 Å². The number of carbonyl (C=O) groups excluding carboxylic acids is 1. The highest BCUT2D eigenvalue weighted by atomic mass is 16.6. The maximum atomic E-state index is 12.9. The minimum atomic E-state index is -0.442. The van der Waals surface area contributed by atoms with Crippen molar-refractivity contribution >= 4 is 11.8 Å². The molecule has 5 rings (SSSR count). The molecule has 1 amide bonds. The molecule has 1 atom stereocenters. The van der Waals surface area contributed by atoms with Crippen LogP contribution in [0.3, 0.4) is 0 Å². The molecule has 3 aromatic carbocycles. The summed E-state index contributed by atoms with van der Waals surface area (Å²) in [5.41, 5.74) is 3.85. The van der Waals surface area contributed by atoms with E-state index in [1.54, 1.807) is 0 Å². The normalized spacial score (nSPS) is 18.7. The Morgan fingerprint density at radius 2 is 1.48 bits per heavy atom. The molecule has 2 heterocycles. The highest BCUT2D eigenvalue weighted by Gasteiger charge is 2.33. The average molecular weight is 598 g/mol. The van der Waals surface area contributed by atoms with Gasteiger partial charge in [-0.3, -0.25) is 5.32 Å². The van der Waals surface area contributed by atoms with Crippen molar-refractivity contribution in [3.8, 4) is 11.1 Å². The van der Waals surface area contributed by atoms with Crippen LogP contribution in [0, 0.1) is 0 Å². The lowest BCUT2D eigenvalue weighted by Crippen LogP contribution is -2.46. The zero-order valence-electron chi connectivity index (χ0n) is 26.6. The molecule has 6 heteroatoms. The van der Waals surface area contributed by atoms with Gasteiger partial charge in [-0.05, 0) is 102 Å². The number of amides is 1. The van der Waals surface area contributed by atoms with Crippen molar-refractivity contribution in [3.63, 3.8) is 0 Å². The topological polar surface area (TPSA) is 54.0 Å². The molecular formula is C38H51N3O3. The number of piperidine rings is 1. The Morgan fingerprint density at radius 3 is 2.23 bits per heavy atom. The van der Waals surface area contributed by atoms with Crippen molar-refractivity contribution in [1.29, 1.82) is 0 Å². The molecule has 44 heavy (non-hydrogen) atoms. The fourth-order valence-corrected chi connectivity index (χ4v) is 6.64. The minimum Gasteiger partial charge on any atom is -0.443 e. The highest BCUT2D eigenvalue weighted by molar-refractivity contribution is 5.91. The zero-order chi connectivity index (χ0) is 30.5. The van der Waals surface area contributed by atoms with Crippen LogP contribution in [0.1, 0.15) is 63.9 Å². The van der Waals surface area contributed by atoms with Gasteiger partial charge in [0.2, 0.25) is 0 Å². The molecule has 3 aromatic rings. The summed E-state index contributed by atoms with van der Waals surface area (Å²) in [6.07, 6.45) is 9.75. The van der Waals surface area contributed by atoms with Crippen LogP contribution in [0.25, 0.3) is 11.1 Å². The number of unbranched alkanes of at least 4 members (excludes halogenated alkanes) is 2. The first kappa shape index (κ1) is 32.2. The van der Waals surface area contributed by atoms with E-state index in [9.17, 15) is 4.79 Å². The molecule has 0 saturated carbocycles. The Bertz CT molecular complexity index is 1260. The molecule has 2 fully saturated rings. The first-order valence-corrected chi connectivity index (χ1v) is 16.8. The Kier molecular flexibility index (Phi) is 12.3. The van der Waals surface area contributed by atoms with Crippen LogP contribution in [0.2, 0.25) is 0 Å². The largest absolute Gasteiger partial charge is 0.443 e. The third kappa shape index (κ3) is 9.91. The summed E-state index contributed by atoms with van der Waals surface area (Å²) in [4.78, 5) is 18.1. The molecule has 2 saturated heterocycles. The van der Waals surface area contributed by atoms with Gasteiger partial charge in [-0.25, -0.2) is 4.79 Å². The van der Waals surface area contributed by atoms with Gasteiger partial charge in [0.05, 0.1) is 5.69 Å². The molecule has 2 aliphatic heterocycles. The molecule has 1 unspecified atom stereocenters. The number of anilines is 1. The molecule has 0 radical (unpaired) electrons. The van der Waals surface area contributed by atoms with E-state index in [-0.39, 0.29) is 6.09 Å². The molecule has 0 aromatic heterocycles. The second-order valence-corrected chi connectivity index (χ2v) is 12.8. The SMILES string of the molecule is CC1(OC(=O)Nc2ccccc2-c2ccccc2)CCN(CCCCOCCCCN2CCCC2Cc2ccccc2)CC1. The van der Waals surface area contributed by atoms with Gasteiger partial charge in [-0.15, -0.1) is 0 Å². The van der Waals surface area contributed by atoms with Crippen molar-refractivity contribution in [1.82, 2.24) is 9.80 Å². The van der Waals surface area contributed by atoms with E-state index < -0.39 is 5.60 Å². The number of ether oxygens (including phenoxy) is 2. The van der Waals surface area contributed by atoms with Gasteiger partial charge >= 0.3 is 6.09 Å². The van der Waals surface area contributed by atoms with Crippen LogP contribution in [0.4, 0.5) is 10.5 Å². The van der Waals surface area contributed by atoms with Crippen LogP contribution in [0.5, 0.6) is 0 Å². The maximum Gasteiger partial charge on any atom is 0.412 e. The number of hydrogen-bond donors (Lipinski definition) is 1. The van der Waals surface area contributed by atoms with Crippen LogP contribution >= 0.6 is 0 Å². The Hall–Kier alpha value is -3.19. The van der Waals surface area contributed by atoms with Gasteiger partial charge in [0.25, 0.3) is 0 Å². The van der Waals surface area contributed by atoms with Gasteiger partial charge in [-0.2, -0.15) is 0 Å². The predicted molar refractivity (Wildman–Crippen MR) is 180 cm³/mol. The molecule has 2 aliphatic rings. The van der Waals surface area contributed by atoms with E-state index in [2.05, 4.69) is 52.4 Å². The molecular weight excluding hydrogens is 546 g/mol. The van der Waals surface area contributed by atoms with Crippen molar-refractivity contribution in [3.05, 3.63) is 90.5 Å². The van der Waals surface area contributed by atoms with E-state index in [4.69, 9.17) is 9.47 Å². The number of rotatable bonds is 15. The van der Waals surface area contributed by atoms with E-state index in [0.29, 0.717) is 6.04 Å². The van der Waals surface area contributed by atoms with Crippen LogP contribution < -0.4 is 5.32 Å². The summed E-state index contributed by atoms with van der Waals surface area (Å²) >= 11 is 0. The van der Waals surface area contributed by atoms with Crippen molar-refractivity contribution in [2.24, 2.45) is 0 Å². The van der Waals surface area contributed by atoms with E-state index in [1.807, 2.05) is 54.6 Å². The summed E-state index contributed by atoms with van der Waals surface area (Å²) in [5, 5.41) is 2.99. The number of likely N-dealkylation sites (tertiary alicyclic amines) is 2. The summed E-state index contributed by atoms with van der Waals surface area (Å²) < 4.78 is 11.9. The van der Waals surface area contributed by atoms with Crippen molar-refractivity contribution < 1.29 is 14.3 Å². The second kappa shape index (κ2) is 16.8. The standard InChI is InChI=1S/C38H51N3O3/c1-38(44-37(42)39-36-21-9-8-20-35(36)33-17-6-3-7-18-33)22-27-40(28-23-38)24-10-12-29-43-30-13-11-25-41-26-14-19-34(41)31-32-15-4-2-5-16-32/h2-9,15-18,20-21,34H,10-14,19,22-31H2,1H3,(H,39,42). The van der Waals surface area contributed by atoms with E-state index in [1.165, 1.54) is 44.3 Å². The van der Waals surface area contributed by atoms with Gasteiger partial charge in [0, 0.05) is 37.9 Å². The van der Waals surface area contributed by atoms with E-state index >= 15 is 0 Å². The Labute approximate surface area is 264 Å². The molecule has 0 aliphatic carbocycles. The molecule has 6 nitrogen and oxygen atoms in total. The smallest absolute Gasteiger partial charge is 0.412 e. The summed E-state index contributed by atoms with van der Waals surface area (Å²) in [6, 6.07) is 29.6. The van der Waals surface area contributed by atoms with Gasteiger partial charge in [-0.1, -0.05) is 78.9 Å². The van der Waals surface area contributed by atoms with Crippen LogP contribution in [-0.2, 0) is 15.9 Å². The molecule has 0 spiro atoms. The molecule has 1 N–H and O–H groups in total. The summed E-state index contributed by atoms with van der Waals surface area (Å²) in [7, 11) is 0. The maximum absolute atomic E-state index is 12.9. The lowest BCUT2D eigenvalue weighted by Gasteiger charge is -2.38. The number of para-hydroxylation sites is 1. The van der Waals surface area contributed by atoms with Crippen LogP contribution in [0.15, 0.2) is 84.9 Å². The van der Waals surface area contributed by atoms with Gasteiger partial charge < -0.3 is 19.3 Å². The Morgan fingerprint density at radius 1 is 0.818 bits per heavy atom. The zero-order valence-corrected chi connectivity index (χ0v) is 26.6. The lowest BCUT2D eigenvalue weighted by atomic mass is 9.93. The summed E-state index contributed by atoms with van der Waals surface area (Å²) in [5.74, 6) is 0. The summed E-state index contributed by atoms with van der Waals surface area (Å²) in [6.45, 7) is 9.20. The van der Waals surface area contributed by atoms with Crippen molar-refractivity contribution in [2.75, 3.05) is 51.3 Å². The highest BCUT2D eigenvalue weighted by Crippen LogP contribution is 2.30. The third-order valence-corrected chi connectivity index (χ3v) is 9.31. The fourth-order valence-electron chi connectivity index (χ4n) is 6.64.